The van der Waals surface area contributed by atoms with Crippen LogP contribution in [0.1, 0.15) is 19.4 Å². The number of urea groups is 1. The molecule has 4 N–H and O–H groups in total. The summed E-state index contributed by atoms with van der Waals surface area (Å²) in [5.41, 5.74) is 9.25. The molecule has 6 heteroatoms. The molecule has 0 bridgehead atoms. The van der Waals surface area contributed by atoms with Crippen LogP contribution in [0.2, 0.25) is 0 Å². The van der Waals surface area contributed by atoms with Crippen LogP contribution < -0.4 is 16.4 Å². The number of carbonyl (C=O) groups is 2. The average Bonchev–Trinajstić information content (AvgIpc) is 2.61. The Balaban J connectivity index is 2.08. The SMILES string of the molecule is CC(C)NC(=O)Nc1ccc(-c2cccc(CN(C)C(=O)CN)c2)cc1. The predicted molar refractivity (Wildman–Crippen MR) is 105 cm³/mol. The fraction of sp³-hybridized carbons (Fsp3) is 0.300. The third-order valence-corrected chi connectivity index (χ3v) is 3.84. The van der Waals surface area contributed by atoms with Gasteiger partial charge in [-0.3, -0.25) is 4.79 Å². The number of nitrogens with two attached hydrogens (primary N) is 1. The minimum Gasteiger partial charge on any atom is -0.340 e. The monoisotopic (exact) mass is 354 g/mol. The summed E-state index contributed by atoms with van der Waals surface area (Å²) in [5, 5.41) is 5.59. The molecule has 2 aromatic carbocycles. The van der Waals surface area contributed by atoms with Crippen molar-refractivity contribution in [3.63, 3.8) is 0 Å². The zero-order chi connectivity index (χ0) is 19.1. The van der Waals surface area contributed by atoms with Crippen molar-refractivity contribution in [3.05, 3.63) is 54.1 Å². The molecule has 0 radical (unpaired) electrons. The molecule has 0 aliphatic heterocycles. The lowest BCUT2D eigenvalue weighted by molar-refractivity contribution is -0.128. The van der Waals surface area contributed by atoms with Crippen molar-refractivity contribution in [2.45, 2.75) is 26.4 Å². The van der Waals surface area contributed by atoms with Gasteiger partial charge in [0.15, 0.2) is 0 Å². The smallest absolute Gasteiger partial charge is 0.319 e. The minimum absolute atomic E-state index is 0.00897. The van der Waals surface area contributed by atoms with Crippen molar-refractivity contribution in [2.75, 3.05) is 18.9 Å². The Morgan fingerprint density at radius 2 is 1.77 bits per heavy atom. The molecule has 2 aromatic rings. The molecule has 0 saturated heterocycles. The molecular weight excluding hydrogens is 328 g/mol. The molecule has 138 valence electrons. The molecule has 0 heterocycles. The minimum atomic E-state index is -0.220. The third-order valence-electron chi connectivity index (χ3n) is 3.84. The van der Waals surface area contributed by atoms with Crippen LogP contribution in [0.5, 0.6) is 0 Å². The van der Waals surface area contributed by atoms with Crippen molar-refractivity contribution in [1.29, 1.82) is 0 Å². The first-order valence-electron chi connectivity index (χ1n) is 8.60. The molecule has 2 rings (SSSR count). The van der Waals surface area contributed by atoms with Crippen LogP contribution in [0, 0.1) is 0 Å². The number of rotatable bonds is 6. The molecule has 0 aromatic heterocycles. The highest BCUT2D eigenvalue weighted by molar-refractivity contribution is 5.89. The molecule has 0 saturated carbocycles. The predicted octanol–water partition coefficient (Wildman–Crippen LogP) is 2.80. The van der Waals surface area contributed by atoms with Gasteiger partial charge in [-0.25, -0.2) is 4.79 Å². The highest BCUT2D eigenvalue weighted by Gasteiger charge is 2.08. The summed E-state index contributed by atoms with van der Waals surface area (Å²) in [6, 6.07) is 15.5. The number of carbonyl (C=O) groups excluding carboxylic acids is 2. The fourth-order valence-corrected chi connectivity index (χ4v) is 2.54. The molecule has 0 aliphatic carbocycles. The number of nitrogens with one attached hydrogen (secondary N) is 2. The first kappa shape index (κ1) is 19.5. The highest BCUT2D eigenvalue weighted by Crippen LogP contribution is 2.23. The average molecular weight is 354 g/mol. The zero-order valence-corrected chi connectivity index (χ0v) is 15.5. The van der Waals surface area contributed by atoms with Crippen LogP contribution in [-0.4, -0.2) is 36.5 Å². The molecule has 0 fully saturated rings. The molecule has 0 aliphatic rings. The van der Waals surface area contributed by atoms with Crippen LogP contribution in [0.3, 0.4) is 0 Å². The van der Waals surface area contributed by atoms with Crippen molar-refractivity contribution >= 4 is 17.6 Å². The Labute approximate surface area is 154 Å². The second-order valence-electron chi connectivity index (χ2n) is 6.48. The van der Waals surface area contributed by atoms with Gasteiger partial charge in [-0.05, 0) is 48.7 Å². The summed E-state index contributed by atoms with van der Waals surface area (Å²) in [4.78, 5) is 25.0. The van der Waals surface area contributed by atoms with E-state index in [4.69, 9.17) is 5.73 Å². The lowest BCUT2D eigenvalue weighted by Crippen LogP contribution is -2.34. The maximum Gasteiger partial charge on any atom is 0.319 e. The number of nitrogens with zero attached hydrogens (tertiary/aromatic N) is 1. The lowest BCUT2D eigenvalue weighted by Gasteiger charge is -2.16. The van der Waals surface area contributed by atoms with E-state index in [-0.39, 0.29) is 24.5 Å². The Morgan fingerprint density at radius 1 is 1.08 bits per heavy atom. The zero-order valence-electron chi connectivity index (χ0n) is 15.5. The van der Waals surface area contributed by atoms with Crippen LogP contribution >= 0.6 is 0 Å². The third kappa shape index (κ3) is 5.60. The van der Waals surface area contributed by atoms with Gasteiger partial charge in [0, 0.05) is 25.3 Å². The van der Waals surface area contributed by atoms with Crippen molar-refractivity contribution < 1.29 is 9.59 Å². The quantitative estimate of drug-likeness (QED) is 0.745. The van der Waals surface area contributed by atoms with Gasteiger partial charge in [-0.2, -0.15) is 0 Å². The number of hydrogen-bond acceptors (Lipinski definition) is 3. The highest BCUT2D eigenvalue weighted by atomic mass is 16.2. The molecule has 0 unspecified atom stereocenters. The van der Waals surface area contributed by atoms with E-state index >= 15 is 0 Å². The molecule has 0 atom stereocenters. The largest absolute Gasteiger partial charge is 0.340 e. The van der Waals surface area contributed by atoms with E-state index in [0.29, 0.717) is 6.54 Å². The molecular formula is C20H26N4O2. The number of likely N-dealkylation sites (N-methyl/N-ethyl adjacent to an activating group) is 1. The maximum absolute atomic E-state index is 11.7. The molecule has 0 spiro atoms. The van der Waals surface area contributed by atoms with Crippen molar-refractivity contribution in [1.82, 2.24) is 10.2 Å². The Morgan fingerprint density at radius 3 is 2.38 bits per heavy atom. The Hall–Kier alpha value is -2.86. The van der Waals surface area contributed by atoms with Crippen molar-refractivity contribution in [3.8, 4) is 11.1 Å². The molecule has 6 nitrogen and oxygen atoms in total. The van der Waals surface area contributed by atoms with Gasteiger partial charge < -0.3 is 21.3 Å². The number of benzene rings is 2. The van der Waals surface area contributed by atoms with Crippen LogP contribution in [0.4, 0.5) is 10.5 Å². The summed E-state index contributed by atoms with van der Waals surface area (Å²) in [6.45, 7) is 4.34. The van der Waals surface area contributed by atoms with Crippen LogP contribution in [-0.2, 0) is 11.3 Å². The number of anilines is 1. The summed E-state index contributed by atoms with van der Waals surface area (Å²) in [6.07, 6.45) is 0. The van der Waals surface area contributed by atoms with Crippen LogP contribution in [0.15, 0.2) is 48.5 Å². The Kier molecular flexibility index (Phi) is 6.74. The summed E-state index contributed by atoms with van der Waals surface area (Å²) < 4.78 is 0. The van der Waals surface area contributed by atoms with E-state index < -0.39 is 0 Å². The van der Waals surface area contributed by atoms with Gasteiger partial charge in [-0.1, -0.05) is 30.3 Å². The molecule has 26 heavy (non-hydrogen) atoms. The van der Waals surface area contributed by atoms with Gasteiger partial charge in [0.05, 0.1) is 6.54 Å². The van der Waals surface area contributed by atoms with E-state index in [1.807, 2.05) is 62.4 Å². The second-order valence-corrected chi connectivity index (χ2v) is 6.48. The van der Waals surface area contributed by atoms with Crippen LogP contribution in [0.25, 0.3) is 11.1 Å². The fourth-order valence-electron chi connectivity index (χ4n) is 2.54. The lowest BCUT2D eigenvalue weighted by atomic mass is 10.0. The van der Waals surface area contributed by atoms with Gasteiger partial charge >= 0.3 is 6.03 Å². The van der Waals surface area contributed by atoms with Crippen molar-refractivity contribution in [2.24, 2.45) is 5.73 Å². The van der Waals surface area contributed by atoms with E-state index in [9.17, 15) is 9.59 Å². The Bertz CT molecular complexity index is 757. The van der Waals surface area contributed by atoms with Gasteiger partial charge in [0.2, 0.25) is 5.91 Å². The maximum atomic E-state index is 11.7. The van der Waals surface area contributed by atoms with Gasteiger partial charge in [0.1, 0.15) is 0 Å². The van der Waals surface area contributed by atoms with E-state index in [0.717, 1.165) is 22.4 Å². The normalized spacial score (nSPS) is 10.5. The first-order valence-corrected chi connectivity index (χ1v) is 8.60. The topological polar surface area (TPSA) is 87.5 Å². The van der Waals surface area contributed by atoms with Gasteiger partial charge in [0.25, 0.3) is 0 Å². The summed E-state index contributed by atoms with van der Waals surface area (Å²) in [7, 11) is 1.74. The number of hydrogen-bond donors (Lipinski definition) is 3. The standard InChI is InChI=1S/C20H26N4O2/c1-14(2)22-20(26)23-18-9-7-16(8-10-18)17-6-4-5-15(11-17)13-24(3)19(25)12-21/h4-11,14H,12-13,21H2,1-3H3,(H2,22,23,26). The second kappa shape index (κ2) is 9.01. The van der Waals surface area contributed by atoms with Gasteiger partial charge in [-0.15, -0.1) is 0 Å². The molecule has 3 amide bonds. The summed E-state index contributed by atoms with van der Waals surface area (Å²) >= 11 is 0. The summed E-state index contributed by atoms with van der Waals surface area (Å²) in [5.74, 6) is -0.0921. The first-order chi connectivity index (χ1) is 12.4. The van der Waals surface area contributed by atoms with E-state index in [1.165, 1.54) is 0 Å². The van der Waals surface area contributed by atoms with E-state index in [1.54, 1.807) is 11.9 Å². The number of amides is 3. The van der Waals surface area contributed by atoms with E-state index in [2.05, 4.69) is 10.6 Å².